The number of fused-ring (bicyclic) bond motifs is 2. The third-order valence-corrected chi connectivity index (χ3v) is 6.05. The van der Waals surface area contributed by atoms with E-state index in [0.717, 1.165) is 22.3 Å². The summed E-state index contributed by atoms with van der Waals surface area (Å²) in [6.45, 7) is 3.28. The molecule has 2 aromatic rings. The molecule has 0 fully saturated rings. The van der Waals surface area contributed by atoms with E-state index in [4.69, 9.17) is 23.7 Å². The fourth-order valence-corrected chi connectivity index (χ4v) is 4.83. The summed E-state index contributed by atoms with van der Waals surface area (Å²) in [4.78, 5) is 26.1. The number of carbonyl (C=O) groups is 2. The first kappa shape index (κ1) is 22.0. The van der Waals surface area contributed by atoms with Crippen LogP contribution in [0.2, 0.25) is 0 Å². The lowest BCUT2D eigenvalue weighted by Crippen LogP contribution is -2.39. The van der Waals surface area contributed by atoms with Crippen LogP contribution >= 0.6 is 0 Å². The van der Waals surface area contributed by atoms with Gasteiger partial charge >= 0.3 is 11.9 Å². The highest BCUT2D eigenvalue weighted by Gasteiger charge is 2.42. The van der Waals surface area contributed by atoms with Crippen LogP contribution in [0.4, 0.5) is 0 Å². The minimum absolute atomic E-state index is 0.00220. The topological polar surface area (TPSA) is 83.5 Å². The largest absolute Gasteiger partial charge is 0.493 e. The van der Waals surface area contributed by atoms with Gasteiger partial charge in [0.05, 0.1) is 21.3 Å². The molecule has 2 aliphatic rings. The number of rotatable bonds is 5. The van der Waals surface area contributed by atoms with Crippen LogP contribution in [0, 0.1) is 0 Å². The smallest absolute Gasteiger partial charge is 0.308 e. The van der Waals surface area contributed by atoms with Gasteiger partial charge in [-0.15, -0.1) is 0 Å². The van der Waals surface area contributed by atoms with Gasteiger partial charge in [-0.05, 0) is 36.7 Å². The average molecular weight is 441 g/mol. The van der Waals surface area contributed by atoms with Crippen molar-refractivity contribution in [3.8, 4) is 34.1 Å². The summed E-state index contributed by atoms with van der Waals surface area (Å²) in [5, 5.41) is 0. The SMILES string of the molecule is COc1ccc2c(c1OC)-c1c(OC(C)=O)c(OC)cc3c1[C@H](C2)N(C)C[C@H]3OC(C)=O. The maximum atomic E-state index is 12.1. The van der Waals surface area contributed by atoms with E-state index in [2.05, 4.69) is 4.90 Å². The highest BCUT2D eigenvalue weighted by Crippen LogP contribution is 2.57. The quantitative estimate of drug-likeness (QED) is 0.515. The van der Waals surface area contributed by atoms with Gasteiger partial charge in [-0.3, -0.25) is 14.5 Å². The molecule has 4 rings (SSSR count). The van der Waals surface area contributed by atoms with Crippen molar-refractivity contribution in [3.05, 3.63) is 34.9 Å². The standard InChI is InChI=1S/C24H27NO7/c1-12(26)31-19-11-25(3)16-9-14-7-8-17(28-4)23(30-6)20(14)22-21(16)15(19)10-18(29-5)24(22)32-13(2)27/h7-8,10,16,19H,9,11H2,1-6H3/t16-,19+/m0/s1. The Bertz CT molecular complexity index is 1090. The molecule has 8 nitrogen and oxygen atoms in total. The Morgan fingerprint density at radius 2 is 1.66 bits per heavy atom. The first-order chi connectivity index (χ1) is 15.3. The van der Waals surface area contributed by atoms with E-state index in [1.807, 2.05) is 25.2 Å². The lowest BCUT2D eigenvalue weighted by atomic mass is 9.75. The summed E-state index contributed by atoms with van der Waals surface area (Å²) in [5.74, 6) is 0.973. The first-order valence-electron chi connectivity index (χ1n) is 10.4. The van der Waals surface area contributed by atoms with Gasteiger partial charge in [0, 0.05) is 43.1 Å². The zero-order valence-electron chi connectivity index (χ0n) is 19.1. The van der Waals surface area contributed by atoms with Crippen molar-refractivity contribution in [2.45, 2.75) is 32.4 Å². The molecule has 1 heterocycles. The zero-order chi connectivity index (χ0) is 23.2. The summed E-state index contributed by atoms with van der Waals surface area (Å²) < 4.78 is 28.3. The van der Waals surface area contributed by atoms with E-state index < -0.39 is 12.1 Å². The van der Waals surface area contributed by atoms with E-state index in [0.29, 0.717) is 41.5 Å². The number of likely N-dealkylation sites (N-methyl/N-ethyl adjacent to an activating group) is 1. The molecule has 2 atom stereocenters. The number of carbonyl (C=O) groups excluding carboxylic acids is 2. The molecule has 1 aliphatic carbocycles. The molecular formula is C24H27NO7. The van der Waals surface area contributed by atoms with Gasteiger partial charge in [-0.1, -0.05) is 6.07 Å². The van der Waals surface area contributed by atoms with E-state index in [1.165, 1.54) is 21.0 Å². The third kappa shape index (κ3) is 3.44. The molecule has 1 aliphatic heterocycles. The van der Waals surface area contributed by atoms with Crippen LogP contribution in [0.3, 0.4) is 0 Å². The first-order valence-corrected chi connectivity index (χ1v) is 10.4. The maximum absolute atomic E-state index is 12.1. The highest BCUT2D eigenvalue weighted by molar-refractivity contribution is 5.90. The summed E-state index contributed by atoms with van der Waals surface area (Å²) in [5.41, 5.74) is 4.28. The van der Waals surface area contributed by atoms with Gasteiger partial charge in [0.25, 0.3) is 0 Å². The van der Waals surface area contributed by atoms with Crippen molar-refractivity contribution in [1.29, 1.82) is 0 Å². The van der Waals surface area contributed by atoms with Crippen molar-refractivity contribution in [2.75, 3.05) is 34.9 Å². The van der Waals surface area contributed by atoms with Gasteiger partial charge in [-0.25, -0.2) is 0 Å². The predicted molar refractivity (Wildman–Crippen MR) is 116 cm³/mol. The van der Waals surface area contributed by atoms with Gasteiger partial charge in [0.1, 0.15) is 6.10 Å². The zero-order valence-corrected chi connectivity index (χ0v) is 19.1. The van der Waals surface area contributed by atoms with Gasteiger partial charge in [-0.2, -0.15) is 0 Å². The Hall–Kier alpha value is -3.26. The number of hydrogen-bond acceptors (Lipinski definition) is 8. The Kier molecular flexibility index (Phi) is 5.73. The fraction of sp³-hybridized carbons (Fsp3) is 0.417. The molecule has 0 saturated heterocycles. The lowest BCUT2D eigenvalue weighted by molar-refractivity contribution is -0.148. The van der Waals surface area contributed by atoms with E-state index in [9.17, 15) is 9.59 Å². The van der Waals surface area contributed by atoms with Crippen molar-refractivity contribution in [3.63, 3.8) is 0 Å². The van der Waals surface area contributed by atoms with Crippen LogP contribution in [0.15, 0.2) is 18.2 Å². The minimum Gasteiger partial charge on any atom is -0.493 e. The molecule has 0 aromatic heterocycles. The molecule has 0 unspecified atom stereocenters. The van der Waals surface area contributed by atoms with Crippen LogP contribution in [-0.2, 0) is 20.7 Å². The maximum Gasteiger partial charge on any atom is 0.308 e. The van der Waals surface area contributed by atoms with E-state index >= 15 is 0 Å². The minimum atomic E-state index is -0.485. The average Bonchev–Trinajstić information content (AvgIpc) is 2.75. The highest BCUT2D eigenvalue weighted by atomic mass is 16.6. The normalized spacial score (nSPS) is 18.8. The predicted octanol–water partition coefficient (Wildman–Crippen LogP) is 3.45. The molecule has 8 heteroatoms. The molecular weight excluding hydrogens is 414 g/mol. The van der Waals surface area contributed by atoms with E-state index in [-0.39, 0.29) is 12.0 Å². The third-order valence-electron chi connectivity index (χ3n) is 6.05. The summed E-state index contributed by atoms with van der Waals surface area (Å²) in [6, 6.07) is 5.68. The Morgan fingerprint density at radius 3 is 2.25 bits per heavy atom. The van der Waals surface area contributed by atoms with Crippen LogP contribution in [0.25, 0.3) is 11.1 Å². The van der Waals surface area contributed by atoms with Crippen LogP contribution < -0.4 is 18.9 Å². The molecule has 0 spiro atoms. The molecule has 0 radical (unpaired) electrons. The number of ether oxygens (including phenoxy) is 5. The van der Waals surface area contributed by atoms with Crippen molar-refractivity contribution in [2.24, 2.45) is 0 Å². The second kappa shape index (κ2) is 8.35. The van der Waals surface area contributed by atoms with Crippen LogP contribution in [0.5, 0.6) is 23.0 Å². The molecule has 0 bridgehead atoms. The van der Waals surface area contributed by atoms with Crippen molar-refractivity contribution < 1.29 is 33.3 Å². The number of nitrogens with zero attached hydrogens (tertiary/aromatic N) is 1. The van der Waals surface area contributed by atoms with Gasteiger partial charge in [0.15, 0.2) is 23.0 Å². The molecule has 0 saturated carbocycles. The van der Waals surface area contributed by atoms with Crippen LogP contribution in [-0.4, -0.2) is 51.8 Å². The van der Waals surface area contributed by atoms with Crippen molar-refractivity contribution >= 4 is 11.9 Å². The van der Waals surface area contributed by atoms with Crippen molar-refractivity contribution in [1.82, 2.24) is 4.90 Å². The Morgan fingerprint density at radius 1 is 0.938 bits per heavy atom. The van der Waals surface area contributed by atoms with Gasteiger partial charge < -0.3 is 23.7 Å². The fourth-order valence-electron chi connectivity index (χ4n) is 4.83. The lowest BCUT2D eigenvalue weighted by Gasteiger charge is -2.43. The Balaban J connectivity index is 2.12. The second-order valence-corrected chi connectivity index (χ2v) is 7.97. The second-order valence-electron chi connectivity index (χ2n) is 7.97. The van der Waals surface area contributed by atoms with Gasteiger partial charge in [0.2, 0.25) is 0 Å². The molecule has 2 aromatic carbocycles. The van der Waals surface area contributed by atoms with E-state index in [1.54, 1.807) is 14.2 Å². The summed E-state index contributed by atoms with van der Waals surface area (Å²) in [6.07, 6.45) is 0.228. The number of esters is 2. The summed E-state index contributed by atoms with van der Waals surface area (Å²) in [7, 11) is 6.67. The number of methoxy groups -OCH3 is 3. The monoisotopic (exact) mass is 441 g/mol. The molecule has 0 N–H and O–H groups in total. The Labute approximate surface area is 187 Å². The molecule has 32 heavy (non-hydrogen) atoms. The number of benzene rings is 2. The summed E-state index contributed by atoms with van der Waals surface area (Å²) >= 11 is 0. The molecule has 170 valence electrons. The molecule has 0 amide bonds. The number of hydrogen-bond donors (Lipinski definition) is 0. The van der Waals surface area contributed by atoms with Crippen LogP contribution in [0.1, 0.15) is 42.7 Å².